The van der Waals surface area contributed by atoms with E-state index in [4.69, 9.17) is 11.6 Å². The van der Waals surface area contributed by atoms with Gasteiger partial charge in [-0.25, -0.2) is 0 Å². The van der Waals surface area contributed by atoms with Gasteiger partial charge in [-0.15, -0.1) is 10.2 Å². The quantitative estimate of drug-likeness (QED) is 0.162. The van der Waals surface area contributed by atoms with E-state index >= 15 is 0 Å². The number of nitrogens with zero attached hydrogens (tertiary/aromatic N) is 5. The van der Waals surface area contributed by atoms with E-state index in [-0.39, 0.29) is 17.9 Å². The second-order valence-corrected chi connectivity index (χ2v) is 11.9. The van der Waals surface area contributed by atoms with Gasteiger partial charge in [-0.05, 0) is 56.2 Å². The number of para-hydroxylation sites is 1. The number of carbonyl (C=O) groups excluding carboxylic acids is 2. The third-order valence-electron chi connectivity index (χ3n) is 7.31. The van der Waals surface area contributed by atoms with E-state index < -0.39 is 0 Å². The molecule has 1 unspecified atom stereocenters. The number of unbranched alkanes of at least 4 members (excludes halogenated alkanes) is 4. The van der Waals surface area contributed by atoms with E-state index in [1.54, 1.807) is 11.8 Å². The van der Waals surface area contributed by atoms with Crippen LogP contribution in [-0.2, 0) is 9.59 Å². The van der Waals surface area contributed by atoms with Gasteiger partial charge in [-0.3, -0.25) is 14.2 Å². The van der Waals surface area contributed by atoms with Crippen LogP contribution >= 0.6 is 23.4 Å². The molecule has 0 bridgehead atoms. The van der Waals surface area contributed by atoms with Crippen LogP contribution in [0.4, 0.5) is 0 Å². The van der Waals surface area contributed by atoms with Crippen LogP contribution in [-0.4, -0.2) is 67.8 Å². The van der Waals surface area contributed by atoms with Crippen LogP contribution < -0.4 is 0 Å². The molecule has 1 saturated heterocycles. The monoisotopic (exact) mass is 581 g/mol. The first kappa shape index (κ1) is 30.1. The Morgan fingerprint density at radius 2 is 1.62 bits per heavy atom. The Balaban J connectivity index is 1.27. The van der Waals surface area contributed by atoms with Crippen molar-refractivity contribution in [1.29, 1.82) is 0 Å². The van der Waals surface area contributed by atoms with Crippen molar-refractivity contribution in [3.63, 3.8) is 0 Å². The highest BCUT2D eigenvalue weighted by molar-refractivity contribution is 7.99. The highest BCUT2D eigenvalue weighted by Crippen LogP contribution is 2.29. The average molecular weight is 582 g/mol. The molecule has 1 aliphatic heterocycles. The van der Waals surface area contributed by atoms with Gasteiger partial charge >= 0.3 is 0 Å². The van der Waals surface area contributed by atoms with Crippen LogP contribution in [0.5, 0.6) is 0 Å². The summed E-state index contributed by atoms with van der Waals surface area (Å²) in [5.41, 5.74) is 1.92. The Morgan fingerprint density at radius 1 is 0.900 bits per heavy atom. The zero-order valence-electron chi connectivity index (χ0n) is 23.6. The Kier molecular flexibility index (Phi) is 11.5. The predicted octanol–water partition coefficient (Wildman–Crippen LogP) is 6.88. The molecule has 0 N–H and O–H groups in total. The number of amides is 2. The molecule has 1 aliphatic rings. The zero-order valence-corrected chi connectivity index (χ0v) is 25.2. The lowest BCUT2D eigenvalue weighted by Gasteiger charge is -2.40. The van der Waals surface area contributed by atoms with E-state index in [0.29, 0.717) is 37.5 Å². The molecule has 9 heteroatoms. The number of rotatable bonds is 13. The molecule has 3 aromatic rings. The smallest absolute Gasteiger partial charge is 0.222 e. The fourth-order valence-electron chi connectivity index (χ4n) is 5.08. The number of hydrogen-bond donors (Lipinski definition) is 0. The molecule has 214 valence electrons. The van der Waals surface area contributed by atoms with Crippen molar-refractivity contribution in [3.8, 4) is 17.1 Å². The molecular formula is C31H40ClN5O2S. The largest absolute Gasteiger partial charge is 0.339 e. The summed E-state index contributed by atoms with van der Waals surface area (Å²) in [7, 11) is 0. The van der Waals surface area contributed by atoms with Crippen molar-refractivity contribution in [2.45, 2.75) is 76.4 Å². The summed E-state index contributed by atoms with van der Waals surface area (Å²) >= 11 is 7.70. The van der Waals surface area contributed by atoms with Gasteiger partial charge in [0.05, 0.1) is 0 Å². The summed E-state index contributed by atoms with van der Waals surface area (Å²) in [6, 6.07) is 17.7. The van der Waals surface area contributed by atoms with Crippen LogP contribution in [0, 0.1) is 0 Å². The maximum absolute atomic E-state index is 13.0. The lowest BCUT2D eigenvalue weighted by atomic mass is 10.1. The lowest BCUT2D eigenvalue weighted by molar-refractivity contribution is -0.142. The molecule has 0 spiro atoms. The van der Waals surface area contributed by atoms with E-state index in [1.807, 2.05) is 64.4 Å². The first-order valence-electron chi connectivity index (χ1n) is 14.4. The van der Waals surface area contributed by atoms with Gasteiger partial charge in [0.2, 0.25) is 11.8 Å². The van der Waals surface area contributed by atoms with Crippen molar-refractivity contribution in [1.82, 2.24) is 24.6 Å². The second-order valence-electron chi connectivity index (χ2n) is 10.4. The summed E-state index contributed by atoms with van der Waals surface area (Å²) in [4.78, 5) is 29.6. The van der Waals surface area contributed by atoms with Crippen molar-refractivity contribution < 1.29 is 9.59 Å². The van der Waals surface area contributed by atoms with E-state index in [9.17, 15) is 9.59 Å². The van der Waals surface area contributed by atoms with Gasteiger partial charge in [0.25, 0.3) is 0 Å². The van der Waals surface area contributed by atoms with Gasteiger partial charge < -0.3 is 9.80 Å². The molecule has 1 aromatic heterocycles. The molecule has 2 amide bonds. The molecule has 2 aromatic carbocycles. The maximum Gasteiger partial charge on any atom is 0.222 e. The third-order valence-corrected chi connectivity index (χ3v) is 8.58. The number of aromatic nitrogens is 3. The number of piperazine rings is 1. The van der Waals surface area contributed by atoms with Gasteiger partial charge in [0.1, 0.15) is 0 Å². The van der Waals surface area contributed by atoms with Gasteiger partial charge in [0, 0.05) is 60.5 Å². The second kappa shape index (κ2) is 15.2. The summed E-state index contributed by atoms with van der Waals surface area (Å²) in [6.07, 6.45) is 7.57. The first-order valence-corrected chi connectivity index (χ1v) is 15.8. The number of carbonyl (C=O) groups is 2. The third kappa shape index (κ3) is 8.10. The molecule has 0 aliphatic carbocycles. The minimum absolute atomic E-state index is 0.0610. The average Bonchev–Trinajstić information content (AvgIpc) is 3.39. The Morgan fingerprint density at radius 3 is 2.35 bits per heavy atom. The van der Waals surface area contributed by atoms with Gasteiger partial charge in [-0.1, -0.05) is 74.2 Å². The number of hydrogen-bond acceptors (Lipinski definition) is 5. The topological polar surface area (TPSA) is 71.3 Å². The maximum atomic E-state index is 13.0. The summed E-state index contributed by atoms with van der Waals surface area (Å²) < 4.78 is 2.05. The fourth-order valence-corrected chi connectivity index (χ4v) is 6.10. The Bertz CT molecular complexity index is 1230. The van der Waals surface area contributed by atoms with Gasteiger partial charge in [-0.2, -0.15) is 0 Å². The molecule has 4 rings (SSSR count). The van der Waals surface area contributed by atoms with Crippen LogP contribution in [0.3, 0.4) is 0 Å². The molecule has 0 radical (unpaired) electrons. The minimum atomic E-state index is 0.0610. The fraction of sp³-hybridized carbons (Fsp3) is 0.484. The van der Waals surface area contributed by atoms with Crippen molar-refractivity contribution >= 4 is 35.2 Å². The van der Waals surface area contributed by atoms with Crippen LogP contribution in [0.2, 0.25) is 5.02 Å². The van der Waals surface area contributed by atoms with Crippen LogP contribution in [0.1, 0.15) is 65.2 Å². The summed E-state index contributed by atoms with van der Waals surface area (Å²) in [5.74, 6) is 1.89. The SMILES string of the molecule is CCCCCCCC(=O)N1CCN(C(=O)CCCSc2nnc(-c3ccc(Cl)cc3)n2-c2ccccc2)CC1C. The zero-order chi connectivity index (χ0) is 28.3. The van der Waals surface area contributed by atoms with Gasteiger partial charge in [0.15, 0.2) is 11.0 Å². The number of halogens is 1. The highest BCUT2D eigenvalue weighted by Gasteiger charge is 2.29. The Hall–Kier alpha value is -2.84. The van der Waals surface area contributed by atoms with Crippen LogP contribution in [0.25, 0.3) is 17.1 Å². The van der Waals surface area contributed by atoms with Crippen molar-refractivity contribution in [2.75, 3.05) is 25.4 Å². The molecular weight excluding hydrogens is 542 g/mol. The van der Waals surface area contributed by atoms with E-state index in [0.717, 1.165) is 47.2 Å². The number of benzene rings is 2. The molecule has 1 fully saturated rings. The van der Waals surface area contributed by atoms with E-state index in [1.165, 1.54) is 19.3 Å². The number of thioether (sulfide) groups is 1. The first-order chi connectivity index (χ1) is 19.5. The normalized spacial score (nSPS) is 15.4. The standard InChI is InChI=1S/C31H40ClN5O2S/c1-3-4-5-6-10-14-29(39)36-21-20-35(23-24(36)2)28(38)15-11-22-40-31-34-33-30(25-16-18-26(32)19-17-25)37(31)27-12-8-7-9-13-27/h7-9,12-13,16-19,24H,3-6,10-11,14-15,20-23H2,1-2H3. The lowest BCUT2D eigenvalue weighted by Crippen LogP contribution is -2.55. The summed E-state index contributed by atoms with van der Waals surface area (Å²) in [5, 5.41) is 10.4. The molecule has 2 heterocycles. The molecule has 7 nitrogen and oxygen atoms in total. The summed E-state index contributed by atoms with van der Waals surface area (Å²) in [6.45, 7) is 6.11. The predicted molar refractivity (Wildman–Crippen MR) is 163 cm³/mol. The highest BCUT2D eigenvalue weighted by atomic mass is 35.5. The van der Waals surface area contributed by atoms with E-state index in [2.05, 4.69) is 28.6 Å². The van der Waals surface area contributed by atoms with Crippen molar-refractivity contribution in [2.24, 2.45) is 0 Å². The molecule has 0 saturated carbocycles. The van der Waals surface area contributed by atoms with Crippen molar-refractivity contribution in [3.05, 3.63) is 59.6 Å². The minimum Gasteiger partial charge on any atom is -0.339 e. The van der Waals surface area contributed by atoms with Crippen LogP contribution in [0.15, 0.2) is 59.8 Å². The Labute approximate surface area is 247 Å². The molecule has 40 heavy (non-hydrogen) atoms. The molecule has 1 atom stereocenters.